The van der Waals surface area contributed by atoms with Gasteiger partial charge in [0.25, 0.3) is 0 Å². The highest BCUT2D eigenvalue weighted by atomic mass is 32.2. The Kier molecular flexibility index (Phi) is 4.20. The van der Waals surface area contributed by atoms with Crippen LogP contribution in [-0.4, -0.2) is 29.8 Å². The standard InChI is InChI=1S/C16H15N3O3S/c1-23(20,21)14(11-12-5-3-2-4-6-12)16-18-15(19-22-16)13-7-9-17-10-8-13/h2-10,14H,11H2,1H3/t14-/m0/s1. The summed E-state index contributed by atoms with van der Waals surface area (Å²) in [6.07, 6.45) is 4.70. The molecule has 1 aromatic carbocycles. The van der Waals surface area contributed by atoms with Gasteiger partial charge in [-0.1, -0.05) is 35.5 Å². The molecule has 23 heavy (non-hydrogen) atoms. The molecule has 6 nitrogen and oxygen atoms in total. The zero-order valence-electron chi connectivity index (χ0n) is 12.5. The van der Waals surface area contributed by atoms with E-state index >= 15 is 0 Å². The van der Waals surface area contributed by atoms with Gasteiger partial charge in [-0.15, -0.1) is 0 Å². The van der Waals surface area contributed by atoms with E-state index in [1.54, 1.807) is 24.5 Å². The second kappa shape index (κ2) is 6.29. The van der Waals surface area contributed by atoms with Crippen LogP contribution >= 0.6 is 0 Å². The second-order valence-electron chi connectivity index (χ2n) is 5.20. The van der Waals surface area contributed by atoms with Crippen molar-refractivity contribution >= 4 is 9.84 Å². The van der Waals surface area contributed by atoms with E-state index in [0.29, 0.717) is 5.82 Å². The van der Waals surface area contributed by atoms with E-state index in [2.05, 4.69) is 15.1 Å². The summed E-state index contributed by atoms with van der Waals surface area (Å²) in [5.41, 5.74) is 1.62. The highest BCUT2D eigenvalue weighted by Crippen LogP contribution is 2.26. The maximum Gasteiger partial charge on any atom is 0.245 e. The van der Waals surface area contributed by atoms with Crippen molar-refractivity contribution < 1.29 is 12.9 Å². The minimum absolute atomic E-state index is 0.100. The predicted molar refractivity (Wildman–Crippen MR) is 85.3 cm³/mol. The van der Waals surface area contributed by atoms with Crippen molar-refractivity contribution in [2.75, 3.05) is 6.26 Å². The zero-order chi connectivity index (χ0) is 16.3. The van der Waals surface area contributed by atoms with Crippen molar-refractivity contribution in [3.05, 3.63) is 66.3 Å². The molecule has 3 rings (SSSR count). The van der Waals surface area contributed by atoms with Crippen LogP contribution in [0.5, 0.6) is 0 Å². The van der Waals surface area contributed by atoms with Gasteiger partial charge in [0.15, 0.2) is 9.84 Å². The SMILES string of the molecule is CS(=O)(=O)[C@@H](Cc1ccccc1)c1nc(-c2ccncc2)no1. The lowest BCUT2D eigenvalue weighted by Crippen LogP contribution is -2.14. The first kappa shape index (κ1) is 15.4. The van der Waals surface area contributed by atoms with Crippen LogP contribution in [0.25, 0.3) is 11.4 Å². The van der Waals surface area contributed by atoms with Gasteiger partial charge in [0.1, 0.15) is 5.25 Å². The van der Waals surface area contributed by atoms with Crippen molar-refractivity contribution in [1.29, 1.82) is 0 Å². The molecular weight excluding hydrogens is 314 g/mol. The number of aromatic nitrogens is 3. The Morgan fingerprint density at radius 2 is 1.78 bits per heavy atom. The van der Waals surface area contributed by atoms with Crippen LogP contribution in [-0.2, 0) is 16.3 Å². The lowest BCUT2D eigenvalue weighted by atomic mass is 10.1. The summed E-state index contributed by atoms with van der Waals surface area (Å²) in [5, 5.41) is 3.02. The fourth-order valence-corrected chi connectivity index (χ4v) is 3.19. The van der Waals surface area contributed by atoms with Crippen LogP contribution in [0.3, 0.4) is 0 Å². The molecule has 0 fully saturated rings. The summed E-state index contributed by atoms with van der Waals surface area (Å²) in [7, 11) is -3.39. The number of pyridine rings is 1. The molecule has 0 saturated heterocycles. The zero-order valence-corrected chi connectivity index (χ0v) is 13.3. The first-order valence-corrected chi connectivity index (χ1v) is 8.96. The van der Waals surface area contributed by atoms with Gasteiger partial charge in [-0.05, 0) is 24.1 Å². The number of nitrogens with zero attached hydrogens (tertiary/aromatic N) is 3. The largest absolute Gasteiger partial charge is 0.338 e. The number of hydrogen-bond acceptors (Lipinski definition) is 6. The van der Waals surface area contributed by atoms with Gasteiger partial charge in [0.2, 0.25) is 11.7 Å². The smallest absolute Gasteiger partial charge is 0.245 e. The molecule has 0 radical (unpaired) electrons. The molecule has 0 spiro atoms. The number of sulfone groups is 1. The van der Waals surface area contributed by atoms with Crippen LogP contribution in [0.1, 0.15) is 16.7 Å². The van der Waals surface area contributed by atoms with Gasteiger partial charge in [-0.3, -0.25) is 4.98 Å². The Hall–Kier alpha value is -2.54. The van der Waals surface area contributed by atoms with Gasteiger partial charge in [-0.25, -0.2) is 8.42 Å². The van der Waals surface area contributed by atoms with E-state index in [1.165, 1.54) is 6.26 Å². The first-order chi connectivity index (χ1) is 11.0. The van der Waals surface area contributed by atoms with E-state index < -0.39 is 15.1 Å². The molecule has 0 aliphatic carbocycles. The van der Waals surface area contributed by atoms with Crippen molar-refractivity contribution in [3.63, 3.8) is 0 Å². The lowest BCUT2D eigenvalue weighted by molar-refractivity contribution is 0.372. The minimum atomic E-state index is -3.39. The molecule has 7 heteroatoms. The van der Waals surface area contributed by atoms with E-state index in [4.69, 9.17) is 4.52 Å². The Bertz CT molecular complexity index is 877. The van der Waals surface area contributed by atoms with Crippen LogP contribution in [0.15, 0.2) is 59.4 Å². The minimum Gasteiger partial charge on any atom is -0.338 e. The lowest BCUT2D eigenvalue weighted by Gasteiger charge is -2.10. The summed E-state index contributed by atoms with van der Waals surface area (Å²) in [6.45, 7) is 0. The van der Waals surface area contributed by atoms with Gasteiger partial charge in [-0.2, -0.15) is 4.98 Å². The number of hydrogen-bond donors (Lipinski definition) is 0. The van der Waals surface area contributed by atoms with Gasteiger partial charge < -0.3 is 4.52 Å². The van der Waals surface area contributed by atoms with Crippen LogP contribution in [0, 0.1) is 0 Å². The number of benzene rings is 1. The Morgan fingerprint density at radius 3 is 2.43 bits per heavy atom. The monoisotopic (exact) mass is 329 g/mol. The maximum absolute atomic E-state index is 12.1. The van der Waals surface area contributed by atoms with Gasteiger partial charge in [0, 0.05) is 24.2 Å². The maximum atomic E-state index is 12.1. The van der Waals surface area contributed by atoms with Crippen molar-refractivity contribution in [1.82, 2.24) is 15.1 Å². The van der Waals surface area contributed by atoms with Crippen LogP contribution in [0.4, 0.5) is 0 Å². The Labute approximate surface area is 134 Å². The third kappa shape index (κ3) is 3.62. The van der Waals surface area contributed by atoms with Crippen molar-refractivity contribution in [2.45, 2.75) is 11.7 Å². The third-order valence-electron chi connectivity index (χ3n) is 3.44. The molecular formula is C16H15N3O3S. The van der Waals surface area contributed by atoms with Crippen LogP contribution in [0.2, 0.25) is 0 Å². The quantitative estimate of drug-likeness (QED) is 0.715. The second-order valence-corrected chi connectivity index (χ2v) is 7.43. The summed E-state index contributed by atoms with van der Waals surface area (Å²) in [5.74, 6) is 0.451. The normalized spacial score (nSPS) is 12.9. The number of rotatable bonds is 5. The Morgan fingerprint density at radius 1 is 1.09 bits per heavy atom. The molecule has 2 heterocycles. The molecule has 3 aromatic rings. The molecule has 0 saturated carbocycles. The van der Waals surface area contributed by atoms with Crippen molar-refractivity contribution in [3.8, 4) is 11.4 Å². The predicted octanol–water partition coefficient (Wildman–Crippen LogP) is 2.46. The molecule has 0 bridgehead atoms. The third-order valence-corrected chi connectivity index (χ3v) is 4.84. The van der Waals surface area contributed by atoms with Gasteiger partial charge in [0.05, 0.1) is 0 Å². The molecule has 2 aromatic heterocycles. The van der Waals surface area contributed by atoms with E-state index in [-0.39, 0.29) is 12.3 Å². The molecule has 1 atom stereocenters. The first-order valence-electron chi connectivity index (χ1n) is 7.01. The Balaban J connectivity index is 1.94. The summed E-state index contributed by atoms with van der Waals surface area (Å²) in [4.78, 5) is 8.18. The molecule has 0 aliphatic rings. The summed E-state index contributed by atoms with van der Waals surface area (Å²) < 4.78 is 29.5. The fraction of sp³-hybridized carbons (Fsp3) is 0.188. The van der Waals surface area contributed by atoms with Crippen LogP contribution < -0.4 is 0 Å². The van der Waals surface area contributed by atoms with E-state index in [1.807, 2.05) is 30.3 Å². The fourth-order valence-electron chi connectivity index (χ4n) is 2.23. The molecule has 0 amide bonds. The summed E-state index contributed by atoms with van der Waals surface area (Å²) >= 11 is 0. The topological polar surface area (TPSA) is 86.0 Å². The molecule has 0 N–H and O–H groups in total. The summed E-state index contributed by atoms with van der Waals surface area (Å²) in [6, 6.07) is 12.8. The van der Waals surface area contributed by atoms with Gasteiger partial charge >= 0.3 is 0 Å². The van der Waals surface area contributed by atoms with E-state index in [9.17, 15) is 8.42 Å². The molecule has 118 valence electrons. The van der Waals surface area contributed by atoms with E-state index in [0.717, 1.165) is 11.1 Å². The molecule has 0 aliphatic heterocycles. The average molecular weight is 329 g/mol. The highest BCUT2D eigenvalue weighted by molar-refractivity contribution is 7.90. The average Bonchev–Trinajstić information content (AvgIpc) is 3.03. The molecule has 0 unspecified atom stereocenters. The van der Waals surface area contributed by atoms with Crippen molar-refractivity contribution in [2.24, 2.45) is 0 Å². The highest BCUT2D eigenvalue weighted by Gasteiger charge is 2.29.